The lowest BCUT2D eigenvalue weighted by Gasteiger charge is -2.22. The molecule has 0 saturated carbocycles. The summed E-state index contributed by atoms with van der Waals surface area (Å²) in [7, 11) is 0. The number of thioether (sulfide) groups is 1. The summed E-state index contributed by atoms with van der Waals surface area (Å²) in [6.45, 7) is 4.85. The first-order valence-corrected chi connectivity index (χ1v) is 7.49. The number of aryl methyl sites for hydroxylation is 1. The molecule has 1 fully saturated rings. The zero-order valence-corrected chi connectivity index (χ0v) is 11.8. The summed E-state index contributed by atoms with van der Waals surface area (Å²) in [4.78, 5) is 8.70. The Kier molecular flexibility index (Phi) is 4.66. The Morgan fingerprint density at radius 1 is 1.22 bits per heavy atom. The molecule has 0 atom stereocenters. The first-order valence-electron chi connectivity index (χ1n) is 6.34. The van der Waals surface area contributed by atoms with Gasteiger partial charge < -0.3 is 10.7 Å². The van der Waals surface area contributed by atoms with Crippen molar-refractivity contribution in [3.8, 4) is 0 Å². The molecule has 6 heteroatoms. The third kappa shape index (κ3) is 3.26. The Bertz CT molecular complexity index is 404. The molecule has 0 aliphatic carbocycles. The molecule has 0 spiro atoms. The van der Waals surface area contributed by atoms with E-state index >= 15 is 0 Å². The minimum Gasteiger partial charge on any atom is -0.369 e. The van der Waals surface area contributed by atoms with Crippen molar-refractivity contribution >= 4 is 23.4 Å². The number of hydrazine groups is 1. The summed E-state index contributed by atoms with van der Waals surface area (Å²) in [6.07, 6.45) is 2.59. The van der Waals surface area contributed by atoms with Gasteiger partial charge in [-0.05, 0) is 44.1 Å². The van der Waals surface area contributed by atoms with Crippen molar-refractivity contribution in [1.82, 2.24) is 9.97 Å². The van der Waals surface area contributed by atoms with Gasteiger partial charge in [-0.2, -0.15) is 11.8 Å². The van der Waals surface area contributed by atoms with E-state index in [1.165, 1.54) is 24.3 Å². The predicted octanol–water partition coefficient (Wildman–Crippen LogP) is 1.93. The van der Waals surface area contributed by atoms with Crippen molar-refractivity contribution in [2.24, 2.45) is 11.8 Å². The number of anilines is 2. The monoisotopic (exact) mass is 267 g/mol. The van der Waals surface area contributed by atoms with Gasteiger partial charge >= 0.3 is 0 Å². The normalized spacial score (nSPS) is 16.6. The average Bonchev–Trinajstić information content (AvgIpc) is 2.40. The van der Waals surface area contributed by atoms with E-state index in [1.54, 1.807) is 0 Å². The molecule has 1 saturated heterocycles. The molecule has 0 aromatic carbocycles. The number of nitrogens with zero attached hydrogens (tertiary/aromatic N) is 2. The second-order valence-electron chi connectivity index (χ2n) is 4.67. The van der Waals surface area contributed by atoms with Gasteiger partial charge in [-0.15, -0.1) is 0 Å². The van der Waals surface area contributed by atoms with Crippen LogP contribution in [0, 0.1) is 19.8 Å². The van der Waals surface area contributed by atoms with Crippen LogP contribution in [0.2, 0.25) is 0 Å². The van der Waals surface area contributed by atoms with Crippen LogP contribution in [-0.2, 0) is 0 Å². The highest BCUT2D eigenvalue weighted by Crippen LogP contribution is 2.24. The fourth-order valence-corrected chi connectivity index (χ4v) is 3.34. The molecule has 1 aliphatic rings. The Hall–Kier alpha value is -1.01. The number of hydrogen-bond acceptors (Lipinski definition) is 6. The van der Waals surface area contributed by atoms with E-state index in [4.69, 9.17) is 5.84 Å². The Labute approximate surface area is 112 Å². The molecular formula is C12H21N5S. The van der Waals surface area contributed by atoms with Crippen LogP contribution in [0.1, 0.15) is 24.2 Å². The number of nitrogens with one attached hydrogen (secondary N) is 2. The standard InChI is InChI=1S/C12H21N5S/c1-8-11(15-9(2)16-12(8)17-13)14-7-10-3-5-18-6-4-10/h10H,3-7,13H2,1-2H3,(H2,14,15,16,17). The molecule has 0 radical (unpaired) electrons. The zero-order chi connectivity index (χ0) is 13.0. The summed E-state index contributed by atoms with van der Waals surface area (Å²) in [5.41, 5.74) is 3.60. The van der Waals surface area contributed by atoms with Crippen LogP contribution in [-0.4, -0.2) is 28.0 Å². The van der Waals surface area contributed by atoms with E-state index < -0.39 is 0 Å². The largest absolute Gasteiger partial charge is 0.369 e. The molecular weight excluding hydrogens is 246 g/mol. The molecule has 4 N–H and O–H groups in total. The summed E-state index contributed by atoms with van der Waals surface area (Å²) < 4.78 is 0. The molecule has 0 bridgehead atoms. The molecule has 2 rings (SSSR count). The highest BCUT2D eigenvalue weighted by molar-refractivity contribution is 7.99. The number of aromatic nitrogens is 2. The first-order chi connectivity index (χ1) is 8.70. The fourth-order valence-electron chi connectivity index (χ4n) is 2.13. The Morgan fingerprint density at radius 2 is 1.89 bits per heavy atom. The topological polar surface area (TPSA) is 75.9 Å². The maximum absolute atomic E-state index is 5.46. The molecule has 1 aliphatic heterocycles. The van der Waals surface area contributed by atoms with Crippen molar-refractivity contribution in [1.29, 1.82) is 0 Å². The molecule has 5 nitrogen and oxygen atoms in total. The van der Waals surface area contributed by atoms with E-state index in [2.05, 4.69) is 32.5 Å². The number of rotatable bonds is 4. The van der Waals surface area contributed by atoms with Gasteiger partial charge in [0.15, 0.2) is 0 Å². The van der Waals surface area contributed by atoms with Crippen LogP contribution >= 0.6 is 11.8 Å². The summed E-state index contributed by atoms with van der Waals surface area (Å²) in [5.74, 6) is 11.1. The third-order valence-corrected chi connectivity index (χ3v) is 4.34. The second-order valence-corrected chi connectivity index (χ2v) is 5.90. The molecule has 1 aromatic heterocycles. The SMILES string of the molecule is Cc1nc(NN)c(C)c(NCC2CCSCC2)n1. The maximum atomic E-state index is 5.46. The van der Waals surface area contributed by atoms with Crippen molar-refractivity contribution in [2.75, 3.05) is 28.8 Å². The minimum atomic E-state index is 0.698. The number of nitrogen functional groups attached to an aromatic ring is 1. The quantitative estimate of drug-likeness (QED) is 0.572. The molecule has 1 aromatic rings. The highest BCUT2D eigenvalue weighted by atomic mass is 32.2. The molecule has 100 valence electrons. The third-order valence-electron chi connectivity index (χ3n) is 3.29. The molecule has 2 heterocycles. The van der Waals surface area contributed by atoms with Crippen molar-refractivity contribution in [2.45, 2.75) is 26.7 Å². The lowest BCUT2D eigenvalue weighted by Crippen LogP contribution is -2.21. The number of nitrogens with two attached hydrogens (primary N) is 1. The van der Waals surface area contributed by atoms with E-state index in [-0.39, 0.29) is 0 Å². The van der Waals surface area contributed by atoms with Crippen LogP contribution in [0.25, 0.3) is 0 Å². The fraction of sp³-hybridized carbons (Fsp3) is 0.667. The smallest absolute Gasteiger partial charge is 0.148 e. The van der Waals surface area contributed by atoms with Gasteiger partial charge in [0.25, 0.3) is 0 Å². The van der Waals surface area contributed by atoms with Crippen LogP contribution < -0.4 is 16.6 Å². The Morgan fingerprint density at radius 3 is 2.56 bits per heavy atom. The Balaban J connectivity index is 2.01. The van der Waals surface area contributed by atoms with E-state index in [1.807, 2.05) is 13.8 Å². The zero-order valence-electron chi connectivity index (χ0n) is 11.0. The van der Waals surface area contributed by atoms with Gasteiger partial charge in [-0.1, -0.05) is 0 Å². The summed E-state index contributed by atoms with van der Waals surface area (Å²) >= 11 is 2.05. The molecule has 18 heavy (non-hydrogen) atoms. The van der Waals surface area contributed by atoms with Gasteiger partial charge in [-0.3, -0.25) is 0 Å². The minimum absolute atomic E-state index is 0.698. The lowest BCUT2D eigenvalue weighted by atomic mass is 10.0. The predicted molar refractivity (Wildman–Crippen MR) is 77.9 cm³/mol. The van der Waals surface area contributed by atoms with Crippen LogP contribution in [0.15, 0.2) is 0 Å². The number of hydrogen-bond donors (Lipinski definition) is 3. The molecule has 0 amide bonds. The van der Waals surface area contributed by atoms with E-state index in [0.717, 1.165) is 29.7 Å². The lowest BCUT2D eigenvalue weighted by molar-refractivity contribution is 0.515. The van der Waals surface area contributed by atoms with Gasteiger partial charge in [0, 0.05) is 12.1 Å². The van der Waals surface area contributed by atoms with Gasteiger partial charge in [-0.25, -0.2) is 15.8 Å². The van der Waals surface area contributed by atoms with Crippen molar-refractivity contribution in [3.63, 3.8) is 0 Å². The van der Waals surface area contributed by atoms with Crippen molar-refractivity contribution < 1.29 is 0 Å². The van der Waals surface area contributed by atoms with E-state index in [9.17, 15) is 0 Å². The van der Waals surface area contributed by atoms with Gasteiger partial charge in [0.05, 0.1) is 0 Å². The first kappa shape index (κ1) is 13.4. The van der Waals surface area contributed by atoms with Crippen LogP contribution in [0.5, 0.6) is 0 Å². The van der Waals surface area contributed by atoms with Gasteiger partial charge in [0.1, 0.15) is 17.5 Å². The van der Waals surface area contributed by atoms with Crippen molar-refractivity contribution in [3.05, 3.63) is 11.4 Å². The average molecular weight is 267 g/mol. The van der Waals surface area contributed by atoms with Crippen LogP contribution in [0.4, 0.5) is 11.6 Å². The highest BCUT2D eigenvalue weighted by Gasteiger charge is 2.15. The maximum Gasteiger partial charge on any atom is 0.148 e. The molecule has 0 unspecified atom stereocenters. The summed E-state index contributed by atoms with van der Waals surface area (Å²) in [6, 6.07) is 0. The summed E-state index contributed by atoms with van der Waals surface area (Å²) in [5, 5.41) is 3.44. The van der Waals surface area contributed by atoms with Gasteiger partial charge in [0.2, 0.25) is 0 Å². The van der Waals surface area contributed by atoms with Crippen LogP contribution in [0.3, 0.4) is 0 Å². The van der Waals surface area contributed by atoms with E-state index in [0.29, 0.717) is 5.82 Å². The second kappa shape index (κ2) is 6.24.